The van der Waals surface area contributed by atoms with E-state index in [4.69, 9.17) is 16.3 Å². The van der Waals surface area contributed by atoms with Gasteiger partial charge in [-0.2, -0.15) is 0 Å². The number of carbonyl (C=O) groups excluding carboxylic acids is 1. The van der Waals surface area contributed by atoms with Crippen LogP contribution in [0.5, 0.6) is 5.75 Å². The van der Waals surface area contributed by atoms with E-state index in [0.29, 0.717) is 15.3 Å². The summed E-state index contributed by atoms with van der Waals surface area (Å²) in [5.41, 5.74) is 2.49. The summed E-state index contributed by atoms with van der Waals surface area (Å²) >= 11 is 7.07. The van der Waals surface area contributed by atoms with E-state index in [1.807, 2.05) is 19.2 Å². The molecule has 33 heavy (non-hydrogen) atoms. The van der Waals surface area contributed by atoms with E-state index in [2.05, 4.69) is 15.4 Å². The van der Waals surface area contributed by atoms with Crippen molar-refractivity contribution in [1.82, 2.24) is 5.32 Å². The lowest BCUT2D eigenvalue weighted by Crippen LogP contribution is -2.62. The molecule has 1 spiro atoms. The SMILES string of the molecule is CNc1c(OC2CC3(CNC3)C2)cc(NSc2ccc(Cl)cc2F)cc1C1(C=O)CCCC1. The second kappa shape index (κ2) is 9.01. The fourth-order valence-corrected chi connectivity index (χ4v) is 6.28. The minimum atomic E-state index is -0.525. The van der Waals surface area contributed by atoms with E-state index < -0.39 is 5.41 Å². The Labute approximate surface area is 203 Å². The van der Waals surface area contributed by atoms with Crippen LogP contribution in [0.15, 0.2) is 35.2 Å². The van der Waals surface area contributed by atoms with Gasteiger partial charge in [0.2, 0.25) is 0 Å². The van der Waals surface area contributed by atoms with Crippen LogP contribution >= 0.6 is 23.5 Å². The van der Waals surface area contributed by atoms with E-state index in [-0.39, 0.29) is 11.9 Å². The molecule has 0 bridgehead atoms. The maximum Gasteiger partial charge on any atom is 0.145 e. The van der Waals surface area contributed by atoms with Crippen LogP contribution in [0.1, 0.15) is 44.1 Å². The molecule has 3 N–H and O–H groups in total. The molecular weight excluding hydrogens is 461 g/mol. The van der Waals surface area contributed by atoms with Crippen molar-refractivity contribution in [1.29, 1.82) is 0 Å². The van der Waals surface area contributed by atoms with Gasteiger partial charge in [0.15, 0.2) is 0 Å². The molecule has 2 aliphatic carbocycles. The molecule has 2 aromatic carbocycles. The molecule has 0 radical (unpaired) electrons. The maximum absolute atomic E-state index is 14.3. The normalized spacial score (nSPS) is 20.7. The highest BCUT2D eigenvalue weighted by Gasteiger charge is 2.50. The number of ether oxygens (including phenoxy) is 1. The highest BCUT2D eigenvalue weighted by Crippen LogP contribution is 2.50. The van der Waals surface area contributed by atoms with Gasteiger partial charge in [0, 0.05) is 42.3 Å². The van der Waals surface area contributed by atoms with E-state index in [9.17, 15) is 9.18 Å². The van der Waals surface area contributed by atoms with Crippen LogP contribution in [0.4, 0.5) is 15.8 Å². The number of nitrogens with one attached hydrogen (secondary N) is 3. The first kappa shape index (κ1) is 22.8. The zero-order valence-corrected chi connectivity index (χ0v) is 20.3. The van der Waals surface area contributed by atoms with Crippen molar-refractivity contribution in [2.75, 3.05) is 30.2 Å². The van der Waals surface area contributed by atoms with Crippen molar-refractivity contribution >= 4 is 41.2 Å². The van der Waals surface area contributed by atoms with Gasteiger partial charge in [-0.3, -0.25) is 0 Å². The molecule has 0 aromatic heterocycles. The van der Waals surface area contributed by atoms with Crippen LogP contribution in [0, 0.1) is 11.2 Å². The molecule has 0 amide bonds. The molecule has 1 aliphatic heterocycles. The van der Waals surface area contributed by atoms with E-state index >= 15 is 0 Å². The number of halogens is 2. The molecule has 3 fully saturated rings. The molecule has 176 valence electrons. The van der Waals surface area contributed by atoms with E-state index in [0.717, 1.165) is 80.6 Å². The molecule has 5 rings (SSSR count). The van der Waals surface area contributed by atoms with Gasteiger partial charge in [-0.1, -0.05) is 24.4 Å². The van der Waals surface area contributed by atoms with Crippen LogP contribution < -0.4 is 20.1 Å². The fourth-order valence-electron chi connectivity index (χ4n) is 5.48. The predicted octanol–water partition coefficient (Wildman–Crippen LogP) is 5.78. The van der Waals surface area contributed by atoms with Crippen molar-refractivity contribution < 1.29 is 13.9 Å². The van der Waals surface area contributed by atoms with Crippen LogP contribution in [0.2, 0.25) is 5.02 Å². The van der Waals surface area contributed by atoms with Crippen LogP contribution in [-0.2, 0) is 10.2 Å². The molecule has 0 unspecified atom stereocenters. The first-order chi connectivity index (χ1) is 16.0. The van der Waals surface area contributed by atoms with Crippen molar-refractivity contribution in [3.8, 4) is 5.75 Å². The summed E-state index contributed by atoms with van der Waals surface area (Å²) in [7, 11) is 1.88. The van der Waals surface area contributed by atoms with Gasteiger partial charge in [-0.25, -0.2) is 4.39 Å². The van der Waals surface area contributed by atoms with Crippen LogP contribution in [-0.4, -0.2) is 32.5 Å². The summed E-state index contributed by atoms with van der Waals surface area (Å²) in [6.45, 7) is 2.13. The number of hydrogen-bond donors (Lipinski definition) is 3. The molecule has 2 saturated carbocycles. The van der Waals surface area contributed by atoms with Crippen molar-refractivity contribution in [2.45, 2.75) is 54.9 Å². The molecule has 8 heteroatoms. The average molecular weight is 490 g/mol. The number of anilines is 2. The van der Waals surface area contributed by atoms with E-state index in [1.165, 1.54) is 18.0 Å². The number of benzene rings is 2. The monoisotopic (exact) mass is 489 g/mol. The summed E-state index contributed by atoms with van der Waals surface area (Å²) in [4.78, 5) is 12.8. The number of aldehydes is 1. The topological polar surface area (TPSA) is 62.4 Å². The van der Waals surface area contributed by atoms with Gasteiger partial charge in [-0.15, -0.1) is 0 Å². The quantitative estimate of drug-likeness (QED) is 0.322. The molecule has 1 saturated heterocycles. The lowest BCUT2D eigenvalue weighted by molar-refractivity contribution is -0.112. The maximum atomic E-state index is 14.3. The Hall–Kier alpha value is -1.96. The van der Waals surface area contributed by atoms with Gasteiger partial charge in [0.05, 0.1) is 16.0 Å². The Bertz CT molecular complexity index is 1050. The Morgan fingerprint density at radius 1 is 1.21 bits per heavy atom. The molecule has 5 nitrogen and oxygen atoms in total. The standard InChI is InChI=1S/C25H29ClFN3O2S/c1-28-23-19(25(15-31)6-2-3-7-25)9-17(30-33-22-5-4-16(26)8-20(22)27)10-21(23)32-18-11-24(12-18)13-29-14-24/h4-5,8-10,15,18,28-30H,2-3,6-7,11-14H2,1H3. The average Bonchev–Trinajstić information content (AvgIpc) is 3.24. The third kappa shape index (κ3) is 4.31. The minimum Gasteiger partial charge on any atom is -0.488 e. The van der Waals surface area contributed by atoms with Gasteiger partial charge in [-0.05, 0) is 67.5 Å². The summed E-state index contributed by atoms with van der Waals surface area (Å²) < 4.78 is 24.0. The van der Waals surface area contributed by atoms with Gasteiger partial charge in [0.25, 0.3) is 0 Å². The minimum absolute atomic E-state index is 0.166. The predicted molar refractivity (Wildman–Crippen MR) is 132 cm³/mol. The molecule has 3 aliphatic rings. The Kier molecular flexibility index (Phi) is 6.23. The van der Waals surface area contributed by atoms with Gasteiger partial charge < -0.3 is 24.9 Å². The van der Waals surface area contributed by atoms with Crippen molar-refractivity contribution in [3.05, 3.63) is 46.7 Å². The summed E-state index contributed by atoms with van der Waals surface area (Å²) in [5.74, 6) is 0.368. The smallest absolute Gasteiger partial charge is 0.145 e. The third-order valence-corrected chi connectivity index (χ3v) is 8.52. The van der Waals surface area contributed by atoms with Gasteiger partial charge in [0.1, 0.15) is 24.0 Å². The van der Waals surface area contributed by atoms with Crippen molar-refractivity contribution in [2.24, 2.45) is 5.41 Å². The zero-order valence-electron chi connectivity index (χ0n) is 18.7. The summed E-state index contributed by atoms with van der Waals surface area (Å²) in [6, 6.07) is 8.59. The Morgan fingerprint density at radius 3 is 2.58 bits per heavy atom. The molecule has 1 heterocycles. The van der Waals surface area contributed by atoms with E-state index in [1.54, 1.807) is 12.1 Å². The number of rotatable bonds is 8. The second-order valence-electron chi connectivity index (χ2n) is 9.66. The Balaban J connectivity index is 1.45. The highest BCUT2D eigenvalue weighted by molar-refractivity contribution is 8.00. The van der Waals surface area contributed by atoms with Crippen molar-refractivity contribution in [3.63, 3.8) is 0 Å². The molecular formula is C25H29ClFN3O2S. The lowest BCUT2D eigenvalue weighted by atomic mass is 9.63. The second-order valence-corrected chi connectivity index (χ2v) is 10.9. The summed E-state index contributed by atoms with van der Waals surface area (Å²) in [6.07, 6.45) is 7.06. The first-order valence-electron chi connectivity index (χ1n) is 11.5. The number of hydrogen-bond acceptors (Lipinski definition) is 6. The number of carbonyl (C=O) groups is 1. The zero-order chi connectivity index (χ0) is 23.1. The first-order valence-corrected chi connectivity index (χ1v) is 12.7. The van der Waals surface area contributed by atoms with Crippen LogP contribution in [0.3, 0.4) is 0 Å². The van der Waals surface area contributed by atoms with Crippen LogP contribution in [0.25, 0.3) is 0 Å². The third-order valence-electron chi connectivity index (χ3n) is 7.40. The summed E-state index contributed by atoms with van der Waals surface area (Å²) in [5, 5.41) is 7.04. The molecule has 2 aromatic rings. The largest absolute Gasteiger partial charge is 0.488 e. The van der Waals surface area contributed by atoms with Gasteiger partial charge >= 0.3 is 0 Å². The highest BCUT2D eigenvalue weighted by atomic mass is 35.5. The molecule has 0 atom stereocenters. The lowest BCUT2D eigenvalue weighted by Gasteiger charge is -2.53. The fraction of sp³-hybridized carbons (Fsp3) is 0.480. The Morgan fingerprint density at radius 2 is 1.97 bits per heavy atom.